The maximum atomic E-state index is 14.5. The third-order valence-electron chi connectivity index (χ3n) is 5.41. The first-order valence-electron chi connectivity index (χ1n) is 10.1. The zero-order valence-electron chi connectivity index (χ0n) is 17.8. The predicted octanol–water partition coefficient (Wildman–Crippen LogP) is 4.00. The number of ketones is 1. The summed E-state index contributed by atoms with van der Waals surface area (Å²) >= 11 is 0. The largest absolute Gasteiger partial charge is 0.493 e. The molecule has 0 aliphatic carbocycles. The van der Waals surface area contributed by atoms with Crippen molar-refractivity contribution in [3.63, 3.8) is 0 Å². The van der Waals surface area contributed by atoms with Gasteiger partial charge in [0, 0.05) is 10.9 Å². The number of methoxy groups -OCH3 is 1. The van der Waals surface area contributed by atoms with Crippen LogP contribution in [-0.4, -0.2) is 35.0 Å². The van der Waals surface area contributed by atoms with Gasteiger partial charge in [0.05, 0.1) is 31.3 Å². The highest BCUT2D eigenvalue weighted by atomic mass is 19.1. The van der Waals surface area contributed by atoms with Crippen molar-refractivity contribution in [3.05, 3.63) is 75.5 Å². The van der Waals surface area contributed by atoms with E-state index < -0.39 is 17.3 Å². The van der Waals surface area contributed by atoms with Crippen LogP contribution in [0.15, 0.2) is 47.3 Å². The molecule has 0 atom stereocenters. The monoisotopic (exact) mass is 436 g/mol. The number of fused-ring (bicyclic) bond motifs is 3. The molecule has 0 saturated carbocycles. The summed E-state index contributed by atoms with van der Waals surface area (Å²) in [6, 6.07) is 11.3. The number of carbonyl (C=O) groups is 2. The van der Waals surface area contributed by atoms with Crippen LogP contribution in [0.3, 0.4) is 0 Å². The molecule has 0 aliphatic heterocycles. The Morgan fingerprint density at radius 3 is 2.47 bits per heavy atom. The molecule has 2 heterocycles. The Bertz CT molecular complexity index is 1420. The molecule has 1 N–H and O–H groups in total. The normalized spacial score (nSPS) is 11.1. The number of aromatic amines is 1. The summed E-state index contributed by atoms with van der Waals surface area (Å²) in [6.07, 6.45) is 0. The molecule has 0 amide bonds. The van der Waals surface area contributed by atoms with E-state index in [1.54, 1.807) is 44.2 Å². The Morgan fingerprint density at radius 2 is 1.81 bits per heavy atom. The molecule has 0 saturated heterocycles. The van der Waals surface area contributed by atoms with Gasteiger partial charge in [-0.1, -0.05) is 30.3 Å². The highest BCUT2D eigenvalue weighted by Crippen LogP contribution is 2.34. The van der Waals surface area contributed by atoms with Crippen molar-refractivity contribution in [1.29, 1.82) is 0 Å². The third kappa shape index (κ3) is 3.33. The molecule has 2 aromatic carbocycles. The number of esters is 1. The van der Waals surface area contributed by atoms with Gasteiger partial charge in [-0.15, -0.1) is 0 Å². The average molecular weight is 436 g/mol. The van der Waals surface area contributed by atoms with E-state index in [1.165, 1.54) is 23.8 Å². The lowest BCUT2D eigenvalue weighted by atomic mass is 10.1. The molecular formula is C24H21FN2O5. The van der Waals surface area contributed by atoms with Crippen LogP contribution in [0.1, 0.15) is 33.3 Å². The maximum absolute atomic E-state index is 14.5. The SMILES string of the molecule is CCOC(=O)c1[nH]c2c(c1OC)c(=O)n(CC(=O)c1ccccc1)c1ccc(F)c(C)c21. The fraction of sp³-hybridized carbons (Fsp3) is 0.208. The number of rotatable bonds is 6. The summed E-state index contributed by atoms with van der Waals surface area (Å²) in [4.78, 5) is 41.8. The minimum atomic E-state index is -0.700. The van der Waals surface area contributed by atoms with Gasteiger partial charge in [0.25, 0.3) is 5.56 Å². The summed E-state index contributed by atoms with van der Waals surface area (Å²) in [5.41, 5.74) is 0.757. The first kappa shape index (κ1) is 21.3. The zero-order chi connectivity index (χ0) is 23.0. The van der Waals surface area contributed by atoms with E-state index in [1.807, 2.05) is 0 Å². The van der Waals surface area contributed by atoms with E-state index in [-0.39, 0.29) is 46.8 Å². The van der Waals surface area contributed by atoms with Crippen LogP contribution < -0.4 is 10.3 Å². The standard InChI is InChI=1S/C24H21FN2O5/c1-4-32-24(30)21-22(31-3)19-20(26-21)18-13(2)15(25)10-11-16(18)27(23(19)29)12-17(28)14-8-6-5-7-9-14/h5-11,26H,4,12H2,1-3H3. The zero-order valence-corrected chi connectivity index (χ0v) is 17.8. The lowest BCUT2D eigenvalue weighted by Crippen LogP contribution is -2.25. The molecule has 0 aliphatic rings. The van der Waals surface area contributed by atoms with Crippen LogP contribution in [0.4, 0.5) is 4.39 Å². The fourth-order valence-electron chi connectivity index (χ4n) is 3.90. The second-order valence-electron chi connectivity index (χ2n) is 7.25. The average Bonchev–Trinajstić information content (AvgIpc) is 3.19. The molecule has 0 unspecified atom stereocenters. The van der Waals surface area contributed by atoms with Gasteiger partial charge in [-0.25, -0.2) is 9.18 Å². The minimum Gasteiger partial charge on any atom is -0.493 e. The summed E-state index contributed by atoms with van der Waals surface area (Å²) in [5, 5.41) is 0.437. The van der Waals surface area contributed by atoms with Gasteiger partial charge in [-0.05, 0) is 31.5 Å². The molecule has 32 heavy (non-hydrogen) atoms. The lowest BCUT2D eigenvalue weighted by Gasteiger charge is -2.13. The number of pyridine rings is 1. The maximum Gasteiger partial charge on any atom is 0.358 e. The molecule has 7 nitrogen and oxygen atoms in total. The lowest BCUT2D eigenvalue weighted by molar-refractivity contribution is 0.0517. The van der Waals surface area contributed by atoms with Gasteiger partial charge in [-0.2, -0.15) is 0 Å². The summed E-state index contributed by atoms with van der Waals surface area (Å²) in [5.74, 6) is -1.47. The van der Waals surface area contributed by atoms with Gasteiger partial charge < -0.3 is 14.5 Å². The molecular weight excluding hydrogens is 415 g/mol. The predicted molar refractivity (Wildman–Crippen MR) is 118 cm³/mol. The minimum absolute atomic E-state index is 0.00470. The molecule has 0 radical (unpaired) electrons. The quantitative estimate of drug-likeness (QED) is 0.365. The van der Waals surface area contributed by atoms with Gasteiger partial charge in [0.15, 0.2) is 17.2 Å². The first-order chi connectivity index (χ1) is 15.4. The van der Waals surface area contributed by atoms with Crippen LogP contribution in [0, 0.1) is 12.7 Å². The number of hydrogen-bond acceptors (Lipinski definition) is 5. The number of Topliss-reactive ketones (excluding diaryl/α,β-unsaturated/α-hetero) is 1. The van der Waals surface area contributed by atoms with Crippen molar-refractivity contribution in [2.75, 3.05) is 13.7 Å². The molecule has 164 valence electrons. The molecule has 0 spiro atoms. The van der Waals surface area contributed by atoms with Gasteiger partial charge in [-0.3, -0.25) is 14.2 Å². The van der Waals surface area contributed by atoms with Crippen molar-refractivity contribution in [3.8, 4) is 5.75 Å². The van der Waals surface area contributed by atoms with E-state index in [2.05, 4.69) is 4.98 Å². The number of nitrogens with zero attached hydrogens (tertiary/aromatic N) is 1. The highest BCUT2D eigenvalue weighted by molar-refractivity contribution is 6.12. The van der Waals surface area contributed by atoms with Crippen molar-refractivity contribution in [2.24, 2.45) is 0 Å². The van der Waals surface area contributed by atoms with Gasteiger partial charge in [0.1, 0.15) is 11.2 Å². The van der Waals surface area contributed by atoms with Crippen molar-refractivity contribution >= 4 is 33.6 Å². The third-order valence-corrected chi connectivity index (χ3v) is 5.41. The van der Waals surface area contributed by atoms with E-state index in [9.17, 15) is 18.8 Å². The Labute approximate surface area is 182 Å². The number of ether oxygens (including phenoxy) is 2. The van der Waals surface area contributed by atoms with Crippen LogP contribution in [0.2, 0.25) is 0 Å². The molecule has 0 fully saturated rings. The number of halogens is 1. The summed E-state index contributed by atoms with van der Waals surface area (Å²) in [6.45, 7) is 3.09. The molecule has 2 aromatic heterocycles. The number of nitrogens with one attached hydrogen (secondary N) is 1. The topological polar surface area (TPSA) is 90.4 Å². The Morgan fingerprint density at radius 1 is 1.09 bits per heavy atom. The highest BCUT2D eigenvalue weighted by Gasteiger charge is 2.27. The van der Waals surface area contributed by atoms with E-state index in [4.69, 9.17) is 9.47 Å². The number of aromatic nitrogens is 2. The number of benzene rings is 2. The molecule has 0 bridgehead atoms. The number of aryl methyl sites for hydroxylation is 1. The van der Waals surface area contributed by atoms with Crippen molar-refractivity contribution < 1.29 is 23.5 Å². The van der Waals surface area contributed by atoms with E-state index >= 15 is 0 Å². The smallest absolute Gasteiger partial charge is 0.358 e. The number of carbonyl (C=O) groups excluding carboxylic acids is 2. The molecule has 8 heteroatoms. The molecule has 4 aromatic rings. The Balaban J connectivity index is 2.07. The fourth-order valence-corrected chi connectivity index (χ4v) is 3.90. The summed E-state index contributed by atoms with van der Waals surface area (Å²) in [7, 11) is 1.33. The number of H-pyrrole nitrogens is 1. The van der Waals surface area contributed by atoms with E-state index in [0.29, 0.717) is 16.5 Å². The van der Waals surface area contributed by atoms with E-state index in [0.717, 1.165) is 0 Å². The van der Waals surface area contributed by atoms with Crippen LogP contribution in [0.25, 0.3) is 21.8 Å². The molecule has 4 rings (SSSR count). The second-order valence-corrected chi connectivity index (χ2v) is 7.25. The van der Waals surface area contributed by atoms with Crippen molar-refractivity contribution in [1.82, 2.24) is 9.55 Å². The number of hydrogen-bond donors (Lipinski definition) is 1. The van der Waals surface area contributed by atoms with Crippen molar-refractivity contribution in [2.45, 2.75) is 20.4 Å². The second kappa shape index (κ2) is 8.30. The Hall–Kier alpha value is -3.94. The van der Waals surface area contributed by atoms with Gasteiger partial charge >= 0.3 is 5.97 Å². The Kier molecular flexibility index (Phi) is 5.52. The van der Waals surface area contributed by atoms with Crippen LogP contribution in [-0.2, 0) is 11.3 Å². The van der Waals surface area contributed by atoms with Crippen LogP contribution in [0.5, 0.6) is 5.75 Å². The summed E-state index contributed by atoms with van der Waals surface area (Å²) < 4.78 is 26.3. The van der Waals surface area contributed by atoms with Gasteiger partial charge in [0.2, 0.25) is 0 Å². The van der Waals surface area contributed by atoms with Crippen LogP contribution >= 0.6 is 0 Å². The first-order valence-corrected chi connectivity index (χ1v) is 10.1.